The van der Waals surface area contributed by atoms with Crippen molar-refractivity contribution in [3.05, 3.63) is 57.4 Å². The van der Waals surface area contributed by atoms with Gasteiger partial charge in [0.2, 0.25) is 0 Å². The van der Waals surface area contributed by atoms with Crippen molar-refractivity contribution in [2.75, 3.05) is 13.7 Å². The second-order valence-corrected chi connectivity index (χ2v) is 6.62. The molecule has 2 aromatic carbocycles. The van der Waals surface area contributed by atoms with Crippen LogP contribution < -0.4 is 15.2 Å². The Kier molecular flexibility index (Phi) is 5.54. The summed E-state index contributed by atoms with van der Waals surface area (Å²) in [7, 11) is 1.61. The number of methoxy groups -OCH3 is 1. The van der Waals surface area contributed by atoms with E-state index in [-0.39, 0.29) is 0 Å². The minimum absolute atomic E-state index is 0.435. The average Bonchev–Trinajstić information content (AvgIpc) is 3.12. The second-order valence-electron chi connectivity index (χ2n) is 5.37. The number of benzene rings is 2. The summed E-state index contributed by atoms with van der Waals surface area (Å²) in [5.41, 5.74) is 8.17. The molecule has 0 unspecified atom stereocenters. The molecule has 0 radical (unpaired) electrons. The molecule has 25 heavy (non-hydrogen) atoms. The molecule has 0 aliphatic heterocycles. The molecule has 1 atom stereocenters. The van der Waals surface area contributed by atoms with E-state index in [1.807, 2.05) is 49.4 Å². The number of nitrogens with one attached hydrogen (secondary N) is 1. The zero-order chi connectivity index (χ0) is 17.8. The van der Waals surface area contributed by atoms with Gasteiger partial charge in [-0.15, -0.1) is 0 Å². The van der Waals surface area contributed by atoms with Crippen LogP contribution in [0.3, 0.4) is 0 Å². The van der Waals surface area contributed by atoms with Crippen molar-refractivity contribution in [1.29, 1.82) is 0 Å². The average molecular weight is 450 g/mol. The van der Waals surface area contributed by atoms with Crippen LogP contribution in [0.4, 0.5) is 0 Å². The van der Waals surface area contributed by atoms with Crippen molar-refractivity contribution in [3.8, 4) is 22.9 Å². The normalized spacial score (nSPS) is 12.0. The third kappa shape index (κ3) is 3.93. The smallest absolute Gasteiger partial charge is 0.181 e. The van der Waals surface area contributed by atoms with Crippen molar-refractivity contribution in [1.82, 2.24) is 15.2 Å². The van der Waals surface area contributed by atoms with Crippen LogP contribution in [-0.2, 0) is 0 Å². The number of hydrogen-bond donors (Lipinski definition) is 2. The van der Waals surface area contributed by atoms with Crippen LogP contribution in [0.1, 0.15) is 24.4 Å². The molecule has 3 aromatic rings. The molecule has 1 heterocycles. The van der Waals surface area contributed by atoms with Crippen molar-refractivity contribution in [2.45, 2.75) is 13.0 Å². The van der Waals surface area contributed by atoms with E-state index in [1.54, 1.807) is 7.11 Å². The number of aromatic amines is 1. The fraction of sp³-hybridized carbons (Fsp3) is 0.222. The number of nitrogens with zero attached hydrogens (tertiary/aromatic N) is 2. The summed E-state index contributed by atoms with van der Waals surface area (Å²) in [4.78, 5) is 4.54. The van der Waals surface area contributed by atoms with Gasteiger partial charge in [0.15, 0.2) is 17.3 Å². The Morgan fingerprint density at radius 3 is 2.60 bits per heavy atom. The number of rotatable bonds is 6. The molecule has 3 N–H and O–H groups in total. The highest BCUT2D eigenvalue weighted by Crippen LogP contribution is 2.31. The number of nitrogens with two attached hydrogens (primary N) is 1. The molecule has 0 amide bonds. The molecule has 0 aliphatic carbocycles. The van der Waals surface area contributed by atoms with E-state index in [9.17, 15) is 0 Å². The van der Waals surface area contributed by atoms with Crippen molar-refractivity contribution in [3.63, 3.8) is 0 Å². The van der Waals surface area contributed by atoms with Crippen LogP contribution >= 0.6 is 22.6 Å². The number of ether oxygens (including phenoxy) is 2. The Bertz CT molecular complexity index is 849. The highest BCUT2D eigenvalue weighted by Gasteiger charge is 2.17. The summed E-state index contributed by atoms with van der Waals surface area (Å²) in [6.45, 7) is 2.48. The van der Waals surface area contributed by atoms with Crippen molar-refractivity contribution < 1.29 is 9.47 Å². The standard InChI is InChI=1S/C18H19IN4O2/c1-3-25-15-10-12(6-9-14(15)24-2)16(20)18-21-17(22-23-18)11-4-7-13(19)8-5-11/h4-10,16H,3,20H2,1-2H3,(H,21,22,23)/t16-/m0/s1. The molecular weight excluding hydrogens is 431 g/mol. The molecule has 130 valence electrons. The maximum absolute atomic E-state index is 6.36. The van der Waals surface area contributed by atoms with Gasteiger partial charge in [0.1, 0.15) is 5.82 Å². The van der Waals surface area contributed by atoms with Crippen LogP contribution in [0.5, 0.6) is 11.5 Å². The fourth-order valence-corrected chi connectivity index (χ4v) is 2.81. The van der Waals surface area contributed by atoms with Crippen molar-refractivity contribution in [2.24, 2.45) is 5.73 Å². The van der Waals surface area contributed by atoms with E-state index in [0.29, 0.717) is 29.8 Å². The summed E-state index contributed by atoms with van der Waals surface area (Å²) in [5.74, 6) is 2.56. The third-order valence-corrected chi connectivity index (χ3v) is 4.47. The van der Waals surface area contributed by atoms with Crippen LogP contribution in [0.25, 0.3) is 11.4 Å². The summed E-state index contributed by atoms with van der Waals surface area (Å²) < 4.78 is 12.1. The van der Waals surface area contributed by atoms with Crippen LogP contribution in [0.2, 0.25) is 0 Å². The van der Waals surface area contributed by atoms with Gasteiger partial charge in [0.25, 0.3) is 0 Å². The summed E-state index contributed by atoms with van der Waals surface area (Å²) in [5, 5.41) is 7.22. The second kappa shape index (κ2) is 7.83. The molecule has 6 nitrogen and oxygen atoms in total. The minimum atomic E-state index is -0.435. The lowest BCUT2D eigenvalue weighted by atomic mass is 10.1. The quantitative estimate of drug-likeness (QED) is 0.562. The summed E-state index contributed by atoms with van der Waals surface area (Å²) in [6.07, 6.45) is 0. The lowest BCUT2D eigenvalue weighted by molar-refractivity contribution is 0.310. The monoisotopic (exact) mass is 450 g/mol. The van der Waals surface area contributed by atoms with Gasteiger partial charge >= 0.3 is 0 Å². The number of hydrogen-bond acceptors (Lipinski definition) is 5. The predicted octanol–water partition coefficient (Wildman–Crippen LogP) is 3.53. The molecule has 7 heteroatoms. The summed E-state index contributed by atoms with van der Waals surface area (Å²) >= 11 is 2.26. The molecule has 0 aliphatic rings. The molecule has 0 saturated heterocycles. The van der Waals surface area contributed by atoms with E-state index in [1.165, 1.54) is 0 Å². The molecule has 1 aromatic heterocycles. The Morgan fingerprint density at radius 1 is 1.16 bits per heavy atom. The van der Waals surface area contributed by atoms with Gasteiger partial charge in [0, 0.05) is 9.13 Å². The Labute approximate surface area is 159 Å². The van der Waals surface area contributed by atoms with Crippen LogP contribution in [-0.4, -0.2) is 28.9 Å². The van der Waals surface area contributed by atoms with E-state index < -0.39 is 6.04 Å². The fourth-order valence-electron chi connectivity index (χ4n) is 2.45. The van der Waals surface area contributed by atoms with Crippen molar-refractivity contribution >= 4 is 22.6 Å². The molecule has 3 rings (SSSR count). The number of H-pyrrole nitrogens is 1. The zero-order valence-electron chi connectivity index (χ0n) is 14.0. The largest absolute Gasteiger partial charge is 0.493 e. The van der Waals surface area contributed by atoms with E-state index in [2.05, 4.69) is 37.8 Å². The molecular formula is C18H19IN4O2. The van der Waals surface area contributed by atoms with Gasteiger partial charge < -0.3 is 15.2 Å². The number of aromatic nitrogens is 3. The highest BCUT2D eigenvalue weighted by atomic mass is 127. The predicted molar refractivity (Wildman–Crippen MR) is 105 cm³/mol. The van der Waals surface area contributed by atoms with E-state index >= 15 is 0 Å². The molecule has 0 spiro atoms. The van der Waals surface area contributed by atoms with Gasteiger partial charge in [-0.1, -0.05) is 18.2 Å². The van der Waals surface area contributed by atoms with Gasteiger partial charge in [-0.25, -0.2) is 4.98 Å². The first-order valence-electron chi connectivity index (χ1n) is 7.87. The number of halogens is 1. The SMILES string of the molecule is CCOc1cc([C@H](N)c2nc(-c3ccc(I)cc3)n[nH]2)ccc1OC. The Hall–Kier alpha value is -2.13. The van der Waals surface area contributed by atoms with Gasteiger partial charge in [-0.3, -0.25) is 5.10 Å². The maximum Gasteiger partial charge on any atom is 0.181 e. The molecule has 0 bridgehead atoms. The van der Waals surface area contributed by atoms with Crippen LogP contribution in [0.15, 0.2) is 42.5 Å². The Morgan fingerprint density at radius 2 is 1.92 bits per heavy atom. The zero-order valence-corrected chi connectivity index (χ0v) is 16.1. The van der Waals surface area contributed by atoms with Gasteiger partial charge in [0.05, 0.1) is 19.8 Å². The first-order chi connectivity index (χ1) is 12.1. The van der Waals surface area contributed by atoms with Crippen LogP contribution in [0, 0.1) is 3.57 Å². The summed E-state index contributed by atoms with van der Waals surface area (Å²) in [6, 6.07) is 13.2. The molecule has 0 fully saturated rings. The first-order valence-corrected chi connectivity index (χ1v) is 8.94. The Balaban J connectivity index is 1.87. The van der Waals surface area contributed by atoms with Gasteiger partial charge in [-0.05, 0) is 59.3 Å². The highest BCUT2D eigenvalue weighted by molar-refractivity contribution is 14.1. The lowest BCUT2D eigenvalue weighted by Gasteiger charge is -2.14. The third-order valence-electron chi connectivity index (χ3n) is 3.75. The van der Waals surface area contributed by atoms with E-state index in [4.69, 9.17) is 15.2 Å². The first kappa shape index (κ1) is 17.7. The maximum atomic E-state index is 6.36. The molecule has 0 saturated carbocycles. The topological polar surface area (TPSA) is 86.0 Å². The van der Waals surface area contributed by atoms with Gasteiger partial charge in [-0.2, -0.15) is 5.10 Å². The minimum Gasteiger partial charge on any atom is -0.493 e. The van der Waals surface area contributed by atoms with E-state index in [0.717, 1.165) is 14.7 Å². The lowest BCUT2D eigenvalue weighted by Crippen LogP contribution is -2.14.